The molecule has 0 bridgehead atoms. The maximum atomic E-state index is 10.1. The van der Waals surface area contributed by atoms with E-state index in [1.807, 2.05) is 0 Å². The van der Waals surface area contributed by atoms with Crippen LogP contribution >= 0.6 is 0 Å². The van der Waals surface area contributed by atoms with E-state index in [2.05, 4.69) is 11.9 Å². The monoisotopic (exact) mass is 201 g/mol. The minimum absolute atomic E-state index is 0.176. The van der Waals surface area contributed by atoms with E-state index in [9.17, 15) is 9.59 Å². The normalized spacial score (nSPS) is 19.4. The lowest BCUT2D eigenvalue weighted by molar-refractivity contribution is -0.139. The lowest BCUT2D eigenvalue weighted by atomic mass is 10.2. The zero-order chi connectivity index (χ0) is 11.1. The number of carbonyl (C=O) groups is 2. The summed E-state index contributed by atoms with van der Waals surface area (Å²) in [6.07, 6.45) is 1.78. The first-order valence-electron chi connectivity index (χ1n) is 4.30. The summed E-state index contributed by atoms with van der Waals surface area (Å²) < 4.78 is 0. The first kappa shape index (κ1) is 12.6. The smallest absolute Gasteiger partial charge is 0.330 e. The zero-order valence-electron chi connectivity index (χ0n) is 8.12. The van der Waals surface area contributed by atoms with Crippen LogP contribution in [0, 0.1) is 0 Å². The summed E-state index contributed by atoms with van der Waals surface area (Å²) in [5.41, 5.74) is 0.176. The van der Waals surface area contributed by atoms with Gasteiger partial charge in [0.15, 0.2) is 0 Å². The quantitative estimate of drug-likeness (QED) is 0.565. The van der Waals surface area contributed by atoms with E-state index in [0.29, 0.717) is 0 Å². The van der Waals surface area contributed by atoms with Gasteiger partial charge in [-0.15, -0.1) is 0 Å². The van der Waals surface area contributed by atoms with E-state index in [-0.39, 0.29) is 11.6 Å². The molecule has 0 amide bonds. The van der Waals surface area contributed by atoms with Crippen molar-refractivity contribution in [2.24, 2.45) is 0 Å². The molecule has 14 heavy (non-hydrogen) atoms. The second-order valence-corrected chi connectivity index (χ2v) is 3.07. The molecule has 1 atom stereocenters. The molecule has 1 unspecified atom stereocenters. The minimum atomic E-state index is -0.935. The molecule has 0 aliphatic carbocycles. The van der Waals surface area contributed by atoms with Gasteiger partial charge in [-0.05, 0) is 26.3 Å². The number of hydrogen-bond acceptors (Lipinski definition) is 3. The van der Waals surface area contributed by atoms with E-state index in [4.69, 9.17) is 10.2 Å². The lowest BCUT2D eigenvalue weighted by Crippen LogP contribution is -2.29. The van der Waals surface area contributed by atoms with Gasteiger partial charge < -0.3 is 15.5 Å². The van der Waals surface area contributed by atoms with E-state index < -0.39 is 11.9 Å². The Bertz CT molecular complexity index is 219. The molecule has 5 nitrogen and oxygen atoms in total. The molecule has 1 aliphatic heterocycles. The van der Waals surface area contributed by atoms with Crippen LogP contribution in [0.2, 0.25) is 0 Å². The molecular weight excluding hydrogens is 186 g/mol. The molecule has 1 saturated heterocycles. The predicted octanol–water partition coefficient (Wildman–Crippen LogP) is 0.470. The van der Waals surface area contributed by atoms with Crippen LogP contribution in [0.4, 0.5) is 0 Å². The van der Waals surface area contributed by atoms with Crippen LogP contribution in [0.5, 0.6) is 0 Å². The average molecular weight is 201 g/mol. The van der Waals surface area contributed by atoms with E-state index in [1.54, 1.807) is 0 Å². The van der Waals surface area contributed by atoms with Gasteiger partial charge in [0.25, 0.3) is 0 Å². The molecule has 80 valence electrons. The predicted molar refractivity (Wildman–Crippen MR) is 51.1 cm³/mol. The van der Waals surface area contributed by atoms with Crippen molar-refractivity contribution >= 4 is 11.9 Å². The third-order valence-corrected chi connectivity index (χ3v) is 1.72. The van der Waals surface area contributed by atoms with E-state index >= 15 is 0 Å². The fourth-order valence-corrected chi connectivity index (χ4v) is 0.895. The van der Waals surface area contributed by atoms with E-state index in [1.165, 1.54) is 6.92 Å². The average Bonchev–Trinajstić information content (AvgIpc) is 2.56. The molecule has 1 heterocycles. The van der Waals surface area contributed by atoms with Crippen molar-refractivity contribution in [3.8, 4) is 0 Å². The third kappa shape index (κ3) is 5.31. The van der Waals surface area contributed by atoms with Gasteiger partial charge in [0, 0.05) is 5.57 Å². The second kappa shape index (κ2) is 6.15. The Hall–Kier alpha value is -1.36. The highest BCUT2D eigenvalue weighted by atomic mass is 16.4. The van der Waals surface area contributed by atoms with Crippen molar-refractivity contribution in [3.05, 3.63) is 12.2 Å². The standard InChI is InChI=1S/C5H9NO2.C4H6O2/c7-5(8)4-2-1-3-6-4;1-3(2)4(5)6/h4,6H,1-3H2,(H,7,8);1H2,2H3,(H,5,6). The van der Waals surface area contributed by atoms with Crippen LogP contribution in [0.25, 0.3) is 0 Å². The summed E-state index contributed by atoms with van der Waals surface area (Å²) in [4.78, 5) is 19.7. The molecule has 0 radical (unpaired) electrons. The first-order chi connectivity index (χ1) is 6.45. The summed E-state index contributed by atoms with van der Waals surface area (Å²) in [7, 11) is 0. The fourth-order valence-electron chi connectivity index (χ4n) is 0.895. The Morgan fingerprint density at radius 3 is 2.07 bits per heavy atom. The fraction of sp³-hybridized carbons (Fsp3) is 0.556. The van der Waals surface area contributed by atoms with Crippen molar-refractivity contribution in [2.75, 3.05) is 6.54 Å². The Morgan fingerprint density at radius 1 is 1.43 bits per heavy atom. The molecule has 3 N–H and O–H groups in total. The number of nitrogens with one attached hydrogen (secondary N) is 1. The number of rotatable bonds is 2. The minimum Gasteiger partial charge on any atom is -0.480 e. The van der Waals surface area contributed by atoms with Crippen molar-refractivity contribution in [1.29, 1.82) is 0 Å². The molecule has 1 aliphatic rings. The molecular formula is C9H15NO4. The SMILES string of the molecule is C=C(C)C(=O)O.O=C(O)C1CCCN1. The van der Waals surface area contributed by atoms with Gasteiger partial charge in [0.05, 0.1) is 0 Å². The van der Waals surface area contributed by atoms with Crippen LogP contribution in [0.1, 0.15) is 19.8 Å². The van der Waals surface area contributed by atoms with Gasteiger partial charge >= 0.3 is 11.9 Å². The van der Waals surface area contributed by atoms with Gasteiger partial charge in [0.2, 0.25) is 0 Å². The lowest BCUT2D eigenvalue weighted by Gasteiger charge is -1.99. The molecule has 0 saturated carbocycles. The molecule has 0 spiro atoms. The highest BCUT2D eigenvalue weighted by Gasteiger charge is 2.20. The summed E-state index contributed by atoms with van der Waals surface area (Å²) in [5, 5.41) is 19.1. The highest BCUT2D eigenvalue weighted by Crippen LogP contribution is 2.03. The number of aliphatic carboxylic acids is 2. The van der Waals surface area contributed by atoms with Gasteiger partial charge in [0.1, 0.15) is 6.04 Å². The Balaban J connectivity index is 0.000000255. The van der Waals surface area contributed by atoms with Gasteiger partial charge in [-0.3, -0.25) is 4.79 Å². The van der Waals surface area contributed by atoms with Crippen molar-refractivity contribution in [3.63, 3.8) is 0 Å². The molecule has 0 aromatic heterocycles. The molecule has 1 fully saturated rings. The third-order valence-electron chi connectivity index (χ3n) is 1.72. The van der Waals surface area contributed by atoms with Crippen LogP contribution in [0.3, 0.4) is 0 Å². The zero-order valence-corrected chi connectivity index (χ0v) is 8.12. The Kier molecular flexibility index (Phi) is 5.55. The highest BCUT2D eigenvalue weighted by molar-refractivity contribution is 5.84. The Morgan fingerprint density at radius 2 is 1.93 bits per heavy atom. The summed E-state index contributed by atoms with van der Waals surface area (Å²) in [5.74, 6) is -1.66. The number of carboxylic acids is 2. The first-order valence-corrected chi connectivity index (χ1v) is 4.30. The van der Waals surface area contributed by atoms with E-state index in [0.717, 1.165) is 19.4 Å². The maximum absolute atomic E-state index is 10.1. The summed E-state index contributed by atoms with van der Waals surface area (Å²) in [6, 6.07) is -0.269. The van der Waals surface area contributed by atoms with Crippen molar-refractivity contribution in [1.82, 2.24) is 5.32 Å². The summed E-state index contributed by atoms with van der Waals surface area (Å²) in [6.45, 7) is 5.46. The van der Waals surface area contributed by atoms with Gasteiger partial charge in [-0.1, -0.05) is 6.58 Å². The number of hydrogen-bond donors (Lipinski definition) is 3. The van der Waals surface area contributed by atoms with Gasteiger partial charge in [-0.25, -0.2) is 4.79 Å². The molecule has 0 aromatic carbocycles. The van der Waals surface area contributed by atoms with Crippen molar-refractivity contribution < 1.29 is 19.8 Å². The van der Waals surface area contributed by atoms with Crippen LogP contribution in [-0.4, -0.2) is 34.7 Å². The Labute approximate surface area is 82.4 Å². The molecule has 1 rings (SSSR count). The molecule has 5 heteroatoms. The molecule has 0 aromatic rings. The van der Waals surface area contributed by atoms with Crippen LogP contribution < -0.4 is 5.32 Å². The van der Waals surface area contributed by atoms with Crippen LogP contribution in [0.15, 0.2) is 12.2 Å². The van der Waals surface area contributed by atoms with Crippen molar-refractivity contribution in [2.45, 2.75) is 25.8 Å². The second-order valence-electron chi connectivity index (χ2n) is 3.07. The maximum Gasteiger partial charge on any atom is 0.330 e. The topological polar surface area (TPSA) is 86.6 Å². The number of carboxylic acid groups (broad SMARTS) is 2. The largest absolute Gasteiger partial charge is 0.480 e. The van der Waals surface area contributed by atoms with Crippen LogP contribution in [-0.2, 0) is 9.59 Å². The van der Waals surface area contributed by atoms with Gasteiger partial charge in [-0.2, -0.15) is 0 Å². The summed E-state index contributed by atoms with van der Waals surface area (Å²) >= 11 is 0.